The van der Waals surface area contributed by atoms with Crippen molar-refractivity contribution < 1.29 is 38.2 Å². The first-order chi connectivity index (χ1) is 25.1. The number of carbonyl (C=O) groups is 3. The number of quaternary nitrogens is 1. The summed E-state index contributed by atoms with van der Waals surface area (Å²) < 4.78 is 17.1. The van der Waals surface area contributed by atoms with Gasteiger partial charge in [0.1, 0.15) is 6.61 Å². The second kappa shape index (κ2) is 35.6. The molecule has 8 heteroatoms. The van der Waals surface area contributed by atoms with Crippen LogP contribution in [0.2, 0.25) is 0 Å². The molecule has 0 spiro atoms. The summed E-state index contributed by atoms with van der Waals surface area (Å²) in [6.07, 6.45) is 39.4. The SMILES string of the molecule is CC/C=C/C/C=C/CCCCCCCCCCCCCCCCC(=O)OCC(COCCC(C(=O)O)[N+](C)(C)C)OC(=O)CC/C=C/CCCCC. The molecule has 2 unspecified atom stereocenters. The van der Waals surface area contributed by atoms with Crippen molar-refractivity contribution in [2.45, 2.75) is 187 Å². The second-order valence-electron chi connectivity index (χ2n) is 15.2. The number of unbranched alkanes of at least 4 members (excludes halogenated alkanes) is 17. The number of rotatable bonds is 37. The summed E-state index contributed by atoms with van der Waals surface area (Å²) in [5.74, 6) is -1.54. The van der Waals surface area contributed by atoms with Crippen LogP contribution in [-0.4, -0.2) is 80.6 Å². The first kappa shape index (κ1) is 49.6. The van der Waals surface area contributed by atoms with Crippen LogP contribution in [0.25, 0.3) is 0 Å². The van der Waals surface area contributed by atoms with E-state index in [9.17, 15) is 19.5 Å². The van der Waals surface area contributed by atoms with E-state index in [4.69, 9.17) is 14.2 Å². The molecule has 0 aromatic rings. The average molecular weight is 735 g/mol. The fourth-order valence-electron chi connectivity index (χ4n) is 6.03. The Balaban J connectivity index is 4.15. The fraction of sp³-hybridized carbons (Fsp3) is 0.795. The molecule has 0 saturated heterocycles. The maximum Gasteiger partial charge on any atom is 0.362 e. The highest BCUT2D eigenvalue weighted by Crippen LogP contribution is 2.15. The molecule has 0 heterocycles. The Morgan fingerprint density at radius 1 is 0.596 bits per heavy atom. The topological polar surface area (TPSA) is 99.1 Å². The Morgan fingerprint density at radius 2 is 1.12 bits per heavy atom. The van der Waals surface area contributed by atoms with Gasteiger partial charge in [-0.15, -0.1) is 0 Å². The van der Waals surface area contributed by atoms with E-state index in [0.29, 0.717) is 19.3 Å². The van der Waals surface area contributed by atoms with Gasteiger partial charge in [-0.05, 0) is 51.4 Å². The Hall–Kier alpha value is -2.45. The molecule has 52 heavy (non-hydrogen) atoms. The lowest BCUT2D eigenvalue weighted by Crippen LogP contribution is -2.50. The minimum atomic E-state index is -0.881. The highest BCUT2D eigenvalue weighted by molar-refractivity contribution is 5.72. The largest absolute Gasteiger partial charge is 0.477 e. The minimum Gasteiger partial charge on any atom is -0.477 e. The maximum atomic E-state index is 12.5. The van der Waals surface area contributed by atoms with Gasteiger partial charge in [0.05, 0.1) is 34.4 Å². The molecule has 2 atom stereocenters. The normalized spacial score (nSPS) is 13.3. The van der Waals surface area contributed by atoms with E-state index in [0.717, 1.165) is 44.9 Å². The number of carboxylic acids is 1. The van der Waals surface area contributed by atoms with E-state index in [-0.39, 0.29) is 42.7 Å². The molecule has 8 nitrogen and oxygen atoms in total. The third kappa shape index (κ3) is 33.4. The molecule has 0 aliphatic rings. The van der Waals surface area contributed by atoms with Crippen LogP contribution in [-0.2, 0) is 28.6 Å². The predicted molar refractivity (Wildman–Crippen MR) is 215 cm³/mol. The summed E-state index contributed by atoms with van der Waals surface area (Å²) in [5.41, 5.74) is 0. The van der Waals surface area contributed by atoms with Crippen LogP contribution in [0.15, 0.2) is 36.5 Å². The van der Waals surface area contributed by atoms with Crippen molar-refractivity contribution in [2.24, 2.45) is 0 Å². The lowest BCUT2D eigenvalue weighted by molar-refractivity contribution is -0.887. The summed E-state index contributed by atoms with van der Waals surface area (Å²) in [6.45, 7) is 4.53. The summed E-state index contributed by atoms with van der Waals surface area (Å²) >= 11 is 0. The van der Waals surface area contributed by atoms with E-state index >= 15 is 0 Å². The standard InChI is InChI=1S/C44H79NO7/c1-6-8-10-12-14-15-16-17-18-19-20-21-22-23-24-25-26-27-29-30-32-34-42(46)51-39-40(38-50-37-36-41(44(48)49)45(3,4)5)52-43(47)35-33-31-28-13-11-9-7-2/h8,10,14-15,28,31,40-41H,6-7,9,11-13,16-27,29-30,32-39H2,1-5H3/p+1/b10-8+,15-14+,31-28+. The van der Waals surface area contributed by atoms with Gasteiger partial charge in [0, 0.05) is 19.3 Å². The number of esters is 2. The highest BCUT2D eigenvalue weighted by Gasteiger charge is 2.31. The zero-order valence-corrected chi connectivity index (χ0v) is 34.3. The van der Waals surface area contributed by atoms with E-state index in [1.165, 1.54) is 89.9 Å². The quantitative estimate of drug-likeness (QED) is 0.0293. The monoisotopic (exact) mass is 735 g/mol. The minimum absolute atomic E-state index is 0.0468. The van der Waals surface area contributed by atoms with E-state index in [1.807, 2.05) is 27.2 Å². The van der Waals surface area contributed by atoms with Crippen LogP contribution in [0.3, 0.4) is 0 Å². The number of allylic oxidation sites excluding steroid dienone is 6. The molecular formula is C44H80NO7+. The van der Waals surface area contributed by atoms with Crippen LogP contribution in [0.5, 0.6) is 0 Å². The van der Waals surface area contributed by atoms with Gasteiger partial charge in [0.2, 0.25) is 0 Å². The van der Waals surface area contributed by atoms with Crippen molar-refractivity contribution >= 4 is 17.9 Å². The smallest absolute Gasteiger partial charge is 0.362 e. The molecule has 0 saturated carbocycles. The first-order valence-corrected chi connectivity index (χ1v) is 21.0. The number of carboxylic acid groups (broad SMARTS) is 1. The molecule has 0 amide bonds. The summed E-state index contributed by atoms with van der Waals surface area (Å²) in [4.78, 5) is 36.7. The van der Waals surface area contributed by atoms with Crippen molar-refractivity contribution in [1.29, 1.82) is 0 Å². The predicted octanol–water partition coefficient (Wildman–Crippen LogP) is 11.1. The third-order valence-electron chi connectivity index (χ3n) is 9.29. The third-order valence-corrected chi connectivity index (χ3v) is 9.29. The van der Waals surface area contributed by atoms with Crippen LogP contribution in [0, 0.1) is 0 Å². The van der Waals surface area contributed by atoms with Gasteiger partial charge < -0.3 is 23.8 Å². The second-order valence-corrected chi connectivity index (χ2v) is 15.2. The van der Waals surface area contributed by atoms with Gasteiger partial charge in [-0.25, -0.2) is 4.79 Å². The Morgan fingerprint density at radius 3 is 1.67 bits per heavy atom. The van der Waals surface area contributed by atoms with Crippen molar-refractivity contribution in [3.63, 3.8) is 0 Å². The van der Waals surface area contributed by atoms with Gasteiger partial charge in [-0.1, -0.05) is 140 Å². The lowest BCUT2D eigenvalue weighted by Gasteiger charge is -2.31. The Kier molecular flexibility index (Phi) is 33.9. The lowest BCUT2D eigenvalue weighted by atomic mass is 10.0. The molecule has 0 bridgehead atoms. The number of hydrogen-bond donors (Lipinski definition) is 1. The van der Waals surface area contributed by atoms with Gasteiger partial charge >= 0.3 is 17.9 Å². The van der Waals surface area contributed by atoms with Crippen molar-refractivity contribution in [3.05, 3.63) is 36.5 Å². The molecule has 302 valence electrons. The van der Waals surface area contributed by atoms with Crippen molar-refractivity contribution in [1.82, 2.24) is 0 Å². The zero-order valence-electron chi connectivity index (χ0n) is 34.3. The molecule has 0 fully saturated rings. The number of likely N-dealkylation sites (N-methyl/N-ethyl adjacent to an activating group) is 1. The number of aliphatic carboxylic acids is 1. The maximum absolute atomic E-state index is 12.5. The first-order valence-electron chi connectivity index (χ1n) is 21.0. The number of carbonyl (C=O) groups excluding carboxylic acids is 2. The van der Waals surface area contributed by atoms with Gasteiger partial charge in [-0.2, -0.15) is 0 Å². The molecule has 0 aliphatic carbocycles. The van der Waals surface area contributed by atoms with Crippen molar-refractivity contribution in [3.8, 4) is 0 Å². The Bertz CT molecular complexity index is 953. The van der Waals surface area contributed by atoms with Crippen LogP contribution >= 0.6 is 0 Å². The van der Waals surface area contributed by atoms with E-state index < -0.39 is 18.1 Å². The summed E-state index contributed by atoms with van der Waals surface area (Å²) in [6, 6.07) is -0.617. The number of hydrogen-bond acceptors (Lipinski definition) is 6. The van der Waals surface area contributed by atoms with Gasteiger partial charge in [0.25, 0.3) is 0 Å². The van der Waals surface area contributed by atoms with Crippen LogP contribution < -0.4 is 0 Å². The zero-order chi connectivity index (χ0) is 38.5. The fourth-order valence-corrected chi connectivity index (χ4v) is 6.03. The van der Waals surface area contributed by atoms with Crippen molar-refractivity contribution in [2.75, 3.05) is 41.0 Å². The molecule has 0 aromatic heterocycles. The molecule has 1 N–H and O–H groups in total. The molecule has 0 radical (unpaired) electrons. The summed E-state index contributed by atoms with van der Waals surface area (Å²) in [7, 11) is 5.50. The van der Waals surface area contributed by atoms with Crippen LogP contribution in [0.4, 0.5) is 0 Å². The van der Waals surface area contributed by atoms with E-state index in [2.05, 4.69) is 44.2 Å². The number of nitrogens with zero attached hydrogens (tertiary/aromatic N) is 1. The van der Waals surface area contributed by atoms with Gasteiger partial charge in [0.15, 0.2) is 12.1 Å². The molecule has 0 rings (SSSR count). The Labute approximate surface area is 319 Å². The molecule has 0 aliphatic heterocycles. The number of ether oxygens (including phenoxy) is 3. The summed E-state index contributed by atoms with van der Waals surface area (Å²) in [5, 5.41) is 9.57. The van der Waals surface area contributed by atoms with Crippen LogP contribution in [0.1, 0.15) is 174 Å². The van der Waals surface area contributed by atoms with Gasteiger partial charge in [-0.3, -0.25) is 9.59 Å². The highest BCUT2D eigenvalue weighted by atomic mass is 16.6. The average Bonchev–Trinajstić information content (AvgIpc) is 3.09. The van der Waals surface area contributed by atoms with E-state index in [1.54, 1.807) is 0 Å². The molecule has 0 aromatic carbocycles. The molecular weight excluding hydrogens is 654 g/mol.